The highest BCUT2D eigenvalue weighted by atomic mass is 15.3. The normalized spacial score (nSPS) is 11.5. The molecule has 5 nitrogen and oxygen atoms in total. The molecule has 1 heterocycles. The van der Waals surface area contributed by atoms with Crippen LogP contribution in [0, 0.1) is 24.7 Å². The van der Waals surface area contributed by atoms with Crippen LogP contribution in [-0.2, 0) is 6.42 Å². The molecule has 0 spiro atoms. The predicted octanol–water partition coefficient (Wildman–Crippen LogP) is 3.36. The number of hydrogen-bond donors (Lipinski definition) is 3. The predicted molar refractivity (Wildman–Crippen MR) is 90.2 cm³/mol. The van der Waals surface area contributed by atoms with Crippen LogP contribution in [0.1, 0.15) is 52.4 Å². The van der Waals surface area contributed by atoms with Gasteiger partial charge in [0, 0.05) is 18.5 Å². The zero-order valence-electron chi connectivity index (χ0n) is 14.3. The molecular weight excluding hydrogens is 262 g/mol. The van der Waals surface area contributed by atoms with Crippen LogP contribution in [0.4, 0.5) is 11.6 Å². The summed E-state index contributed by atoms with van der Waals surface area (Å²) in [7, 11) is 0. The molecule has 0 bridgehead atoms. The molecule has 0 aliphatic carbocycles. The van der Waals surface area contributed by atoms with E-state index < -0.39 is 0 Å². The first-order valence-corrected chi connectivity index (χ1v) is 7.98. The Bertz CT molecular complexity index is 435. The van der Waals surface area contributed by atoms with Gasteiger partial charge >= 0.3 is 0 Å². The number of hydrazine groups is 1. The Morgan fingerprint density at radius 2 is 1.62 bits per heavy atom. The average Bonchev–Trinajstić information content (AvgIpc) is 2.41. The third kappa shape index (κ3) is 4.84. The summed E-state index contributed by atoms with van der Waals surface area (Å²) in [6.07, 6.45) is 1.88. The molecule has 1 aromatic rings. The Labute approximate surface area is 129 Å². The molecule has 0 radical (unpaired) electrons. The van der Waals surface area contributed by atoms with E-state index in [9.17, 15) is 0 Å². The van der Waals surface area contributed by atoms with Crippen molar-refractivity contribution in [3.63, 3.8) is 0 Å². The molecule has 0 unspecified atom stereocenters. The molecular formula is C16H31N5. The van der Waals surface area contributed by atoms with E-state index >= 15 is 0 Å². The van der Waals surface area contributed by atoms with Crippen LogP contribution in [0.2, 0.25) is 0 Å². The molecule has 0 atom stereocenters. The third-order valence-corrected chi connectivity index (χ3v) is 4.02. The maximum Gasteiger partial charge on any atom is 0.148 e. The number of nitrogens with two attached hydrogens (primary N) is 1. The van der Waals surface area contributed by atoms with E-state index in [2.05, 4.69) is 55.3 Å². The van der Waals surface area contributed by atoms with Gasteiger partial charge in [0.1, 0.15) is 17.5 Å². The molecule has 0 aliphatic heterocycles. The van der Waals surface area contributed by atoms with Crippen LogP contribution in [-0.4, -0.2) is 16.5 Å². The SMILES string of the molecule is CCCc1nc(NN)c(C)c(NCC(C(C)C)C(C)C)n1. The van der Waals surface area contributed by atoms with Gasteiger partial charge in [0.25, 0.3) is 0 Å². The summed E-state index contributed by atoms with van der Waals surface area (Å²) < 4.78 is 0. The number of anilines is 2. The lowest BCUT2D eigenvalue weighted by atomic mass is 9.85. The fourth-order valence-electron chi connectivity index (χ4n) is 2.67. The molecule has 0 aromatic carbocycles. The van der Waals surface area contributed by atoms with Crippen molar-refractivity contribution in [1.29, 1.82) is 0 Å². The van der Waals surface area contributed by atoms with Crippen LogP contribution in [0.5, 0.6) is 0 Å². The van der Waals surface area contributed by atoms with Crippen molar-refractivity contribution in [2.75, 3.05) is 17.3 Å². The summed E-state index contributed by atoms with van der Waals surface area (Å²) in [5.74, 6) is 9.91. The molecule has 0 aliphatic rings. The van der Waals surface area contributed by atoms with Crippen molar-refractivity contribution >= 4 is 11.6 Å². The highest BCUT2D eigenvalue weighted by Gasteiger charge is 2.18. The number of aromatic nitrogens is 2. The fourth-order valence-corrected chi connectivity index (χ4v) is 2.67. The Hall–Kier alpha value is -1.36. The molecule has 4 N–H and O–H groups in total. The minimum Gasteiger partial charge on any atom is -0.369 e. The summed E-state index contributed by atoms with van der Waals surface area (Å²) in [6, 6.07) is 0. The molecule has 1 aromatic heterocycles. The Morgan fingerprint density at radius 3 is 2.10 bits per heavy atom. The van der Waals surface area contributed by atoms with Crippen LogP contribution in [0.25, 0.3) is 0 Å². The van der Waals surface area contributed by atoms with Gasteiger partial charge in [-0.15, -0.1) is 0 Å². The molecule has 1 rings (SSSR count). The number of nitrogens with zero attached hydrogens (tertiary/aromatic N) is 2. The van der Waals surface area contributed by atoms with Crippen LogP contribution < -0.4 is 16.6 Å². The second kappa shape index (κ2) is 8.17. The number of nitrogen functional groups attached to an aromatic ring is 1. The Kier molecular flexibility index (Phi) is 6.89. The first-order valence-electron chi connectivity index (χ1n) is 7.98. The van der Waals surface area contributed by atoms with E-state index in [0.717, 1.165) is 36.6 Å². The van der Waals surface area contributed by atoms with Crippen LogP contribution >= 0.6 is 0 Å². The number of aryl methyl sites for hydroxylation is 1. The van der Waals surface area contributed by atoms with E-state index in [-0.39, 0.29) is 0 Å². The van der Waals surface area contributed by atoms with Gasteiger partial charge in [0.05, 0.1) is 0 Å². The summed E-state index contributed by atoms with van der Waals surface area (Å²) in [5.41, 5.74) is 3.65. The maximum atomic E-state index is 5.57. The lowest BCUT2D eigenvalue weighted by Crippen LogP contribution is -2.25. The van der Waals surface area contributed by atoms with Gasteiger partial charge in [-0.3, -0.25) is 0 Å². The van der Waals surface area contributed by atoms with E-state index in [4.69, 9.17) is 5.84 Å². The van der Waals surface area contributed by atoms with Gasteiger partial charge in [0.2, 0.25) is 0 Å². The van der Waals surface area contributed by atoms with Gasteiger partial charge in [-0.25, -0.2) is 15.8 Å². The van der Waals surface area contributed by atoms with E-state index in [1.807, 2.05) is 6.92 Å². The van der Waals surface area contributed by atoms with Crippen molar-refractivity contribution in [3.05, 3.63) is 11.4 Å². The number of nitrogens with one attached hydrogen (secondary N) is 2. The minimum absolute atomic E-state index is 0.614. The highest BCUT2D eigenvalue weighted by molar-refractivity contribution is 5.56. The second-order valence-corrected chi connectivity index (χ2v) is 6.39. The van der Waals surface area contributed by atoms with Gasteiger partial charge in [-0.2, -0.15) is 0 Å². The third-order valence-electron chi connectivity index (χ3n) is 4.02. The van der Waals surface area contributed by atoms with Crippen LogP contribution in [0.3, 0.4) is 0 Å². The second-order valence-electron chi connectivity index (χ2n) is 6.39. The van der Waals surface area contributed by atoms with Gasteiger partial charge in [0.15, 0.2) is 0 Å². The molecule has 0 fully saturated rings. The minimum atomic E-state index is 0.614. The average molecular weight is 293 g/mol. The summed E-state index contributed by atoms with van der Waals surface area (Å²) in [4.78, 5) is 9.09. The lowest BCUT2D eigenvalue weighted by Gasteiger charge is -2.26. The first-order chi connectivity index (χ1) is 9.90. The molecule has 5 heteroatoms. The van der Waals surface area contributed by atoms with Crippen LogP contribution in [0.15, 0.2) is 0 Å². The molecule has 0 saturated carbocycles. The monoisotopic (exact) mass is 293 g/mol. The topological polar surface area (TPSA) is 75.9 Å². The molecule has 0 saturated heterocycles. The molecule has 21 heavy (non-hydrogen) atoms. The van der Waals surface area contributed by atoms with E-state index in [1.54, 1.807) is 0 Å². The Morgan fingerprint density at radius 1 is 1.05 bits per heavy atom. The Balaban J connectivity index is 2.93. The molecule has 120 valence electrons. The first kappa shape index (κ1) is 17.7. The van der Waals surface area contributed by atoms with Crippen molar-refractivity contribution < 1.29 is 0 Å². The number of rotatable bonds is 8. The fraction of sp³-hybridized carbons (Fsp3) is 0.750. The largest absolute Gasteiger partial charge is 0.369 e. The van der Waals surface area contributed by atoms with Gasteiger partial charge in [-0.05, 0) is 31.1 Å². The van der Waals surface area contributed by atoms with Gasteiger partial charge in [-0.1, -0.05) is 34.6 Å². The van der Waals surface area contributed by atoms with E-state index in [0.29, 0.717) is 23.6 Å². The van der Waals surface area contributed by atoms with Crippen molar-refractivity contribution in [3.8, 4) is 0 Å². The van der Waals surface area contributed by atoms with Crippen molar-refractivity contribution in [2.24, 2.45) is 23.6 Å². The number of hydrogen-bond acceptors (Lipinski definition) is 5. The van der Waals surface area contributed by atoms with Gasteiger partial charge < -0.3 is 10.7 Å². The highest BCUT2D eigenvalue weighted by Crippen LogP contribution is 2.24. The summed E-state index contributed by atoms with van der Waals surface area (Å²) in [6.45, 7) is 14.1. The quantitative estimate of drug-likeness (QED) is 0.506. The summed E-state index contributed by atoms with van der Waals surface area (Å²) >= 11 is 0. The smallest absolute Gasteiger partial charge is 0.148 e. The lowest BCUT2D eigenvalue weighted by molar-refractivity contribution is 0.304. The standard InChI is InChI=1S/C16H31N5/c1-7-8-14-19-15(12(6)16(20-14)21-17)18-9-13(10(2)3)11(4)5/h10-11,13H,7-9,17H2,1-6H3,(H2,18,19,20,21). The molecule has 0 amide bonds. The summed E-state index contributed by atoms with van der Waals surface area (Å²) in [5, 5.41) is 3.50. The maximum absolute atomic E-state index is 5.57. The zero-order valence-corrected chi connectivity index (χ0v) is 14.3. The van der Waals surface area contributed by atoms with Crippen molar-refractivity contribution in [2.45, 2.75) is 54.4 Å². The van der Waals surface area contributed by atoms with E-state index in [1.165, 1.54) is 0 Å². The van der Waals surface area contributed by atoms with Crippen molar-refractivity contribution in [1.82, 2.24) is 9.97 Å². The zero-order chi connectivity index (χ0) is 16.0.